The van der Waals surface area contributed by atoms with Crippen LogP contribution in [0.1, 0.15) is 119 Å². The van der Waals surface area contributed by atoms with Gasteiger partial charge < -0.3 is 28.4 Å². The second-order valence-corrected chi connectivity index (χ2v) is 17.5. The maximum Gasteiger partial charge on any atom is 0.343 e. The molecule has 0 amide bonds. The van der Waals surface area contributed by atoms with Crippen LogP contribution in [0.5, 0.6) is 34.5 Å². The van der Waals surface area contributed by atoms with Gasteiger partial charge in [0.05, 0.1) is 37.6 Å². The third-order valence-electron chi connectivity index (χ3n) is 12.0. The standard InChI is InChI=1S/C59H68O8/c1-5-44(3)42-64-54-28-24-48(25-29-54)46-16-20-50(21-17-46)58(60)66-56-36-32-52(33-37-56)62-40-14-12-10-8-7-9-11-13-15-41-63-53-34-38-57(39-35-53)67-59(61)51-22-18-47(19-23-51)49-26-30-55(31-27-49)65-43-45(4)6-2/h16-39,44-45H,5-15,40-43H2,1-4H3/t44-,45-/m0/s1. The third-order valence-corrected chi connectivity index (χ3v) is 12.0. The van der Waals surface area contributed by atoms with Crippen LogP contribution in [-0.2, 0) is 0 Å². The van der Waals surface area contributed by atoms with Crippen LogP contribution >= 0.6 is 0 Å². The lowest BCUT2D eigenvalue weighted by atomic mass is 10.0. The molecule has 0 saturated carbocycles. The Labute approximate surface area is 398 Å². The zero-order valence-corrected chi connectivity index (χ0v) is 39.9. The lowest BCUT2D eigenvalue weighted by Gasteiger charge is -2.11. The van der Waals surface area contributed by atoms with E-state index in [1.807, 2.05) is 97.1 Å². The predicted octanol–water partition coefficient (Wildman–Crippen LogP) is 15.3. The maximum absolute atomic E-state index is 12.8. The average Bonchev–Trinajstić information content (AvgIpc) is 3.37. The van der Waals surface area contributed by atoms with Crippen LogP contribution in [-0.4, -0.2) is 38.4 Å². The van der Waals surface area contributed by atoms with Gasteiger partial charge in [-0.2, -0.15) is 0 Å². The Balaban J connectivity index is 0.756. The average molecular weight is 905 g/mol. The van der Waals surface area contributed by atoms with Crippen LogP contribution in [0.4, 0.5) is 0 Å². The van der Waals surface area contributed by atoms with E-state index in [2.05, 4.69) is 27.7 Å². The smallest absolute Gasteiger partial charge is 0.343 e. The lowest BCUT2D eigenvalue weighted by molar-refractivity contribution is 0.0725. The summed E-state index contributed by atoms with van der Waals surface area (Å²) in [6.45, 7) is 11.4. The number of hydrogen-bond acceptors (Lipinski definition) is 8. The summed E-state index contributed by atoms with van der Waals surface area (Å²) in [4.78, 5) is 25.6. The molecule has 0 aromatic heterocycles. The number of benzene rings is 6. The zero-order valence-electron chi connectivity index (χ0n) is 39.9. The van der Waals surface area contributed by atoms with Gasteiger partial charge in [-0.15, -0.1) is 0 Å². The topological polar surface area (TPSA) is 89.5 Å². The fraction of sp³-hybridized carbons (Fsp3) is 0.356. The molecule has 6 rings (SSSR count). The zero-order chi connectivity index (χ0) is 47.1. The Morgan fingerprint density at radius 2 is 0.597 bits per heavy atom. The SMILES string of the molecule is CC[C@H](C)COc1ccc(-c2ccc(C(=O)Oc3ccc(OCCCCCCCCCCCOc4ccc(OC(=O)c5ccc(-c6ccc(OC[C@@H](C)CC)cc6)cc5)cc4)cc3)cc2)cc1. The predicted molar refractivity (Wildman–Crippen MR) is 269 cm³/mol. The van der Waals surface area contributed by atoms with Crippen LogP contribution < -0.4 is 28.4 Å². The summed E-state index contributed by atoms with van der Waals surface area (Å²) in [6.07, 6.45) is 12.5. The van der Waals surface area contributed by atoms with Crippen LogP contribution in [0.3, 0.4) is 0 Å². The van der Waals surface area contributed by atoms with E-state index in [0.29, 0.717) is 60.9 Å². The Bertz CT molecular complexity index is 2170. The first kappa shape index (κ1) is 49.9. The number of unbranched alkanes of at least 4 members (excludes halogenated alkanes) is 8. The highest BCUT2D eigenvalue weighted by atomic mass is 16.5. The number of carbonyl (C=O) groups is 2. The minimum atomic E-state index is -0.398. The fourth-order valence-electron chi connectivity index (χ4n) is 7.16. The number of hydrogen-bond donors (Lipinski definition) is 0. The molecule has 0 fully saturated rings. The molecule has 6 aromatic rings. The summed E-state index contributed by atoms with van der Waals surface area (Å²) in [5.74, 6) is 4.46. The van der Waals surface area contributed by atoms with Crippen molar-refractivity contribution in [3.8, 4) is 56.8 Å². The molecule has 0 aliphatic heterocycles. The summed E-state index contributed by atoms with van der Waals surface area (Å²) < 4.78 is 34.9. The number of rotatable bonds is 28. The van der Waals surface area contributed by atoms with Gasteiger partial charge in [-0.1, -0.05) is 134 Å². The summed E-state index contributed by atoms with van der Waals surface area (Å²) >= 11 is 0. The molecule has 67 heavy (non-hydrogen) atoms. The first-order valence-corrected chi connectivity index (χ1v) is 24.3. The Kier molecular flexibility index (Phi) is 20.2. The second kappa shape index (κ2) is 27.2. The van der Waals surface area contributed by atoms with Crippen LogP contribution in [0.2, 0.25) is 0 Å². The Hall–Kier alpha value is -6.54. The van der Waals surface area contributed by atoms with E-state index >= 15 is 0 Å². The minimum Gasteiger partial charge on any atom is -0.494 e. The van der Waals surface area contributed by atoms with Crippen LogP contribution in [0, 0.1) is 11.8 Å². The largest absolute Gasteiger partial charge is 0.494 e. The lowest BCUT2D eigenvalue weighted by Crippen LogP contribution is -2.08. The molecule has 0 radical (unpaired) electrons. The summed E-state index contributed by atoms with van der Waals surface area (Å²) in [5.41, 5.74) is 5.14. The molecule has 0 unspecified atom stereocenters. The molecular weight excluding hydrogens is 837 g/mol. The molecule has 2 atom stereocenters. The molecule has 8 nitrogen and oxygen atoms in total. The van der Waals surface area contributed by atoms with Crippen molar-refractivity contribution < 1.29 is 38.0 Å². The monoisotopic (exact) mass is 904 g/mol. The van der Waals surface area contributed by atoms with Crippen molar-refractivity contribution in [1.29, 1.82) is 0 Å². The van der Waals surface area contributed by atoms with Crippen molar-refractivity contribution in [3.63, 3.8) is 0 Å². The molecule has 0 N–H and O–H groups in total. The molecule has 0 aliphatic carbocycles. The Morgan fingerprint density at radius 1 is 0.343 bits per heavy atom. The normalized spacial score (nSPS) is 11.9. The minimum absolute atomic E-state index is 0.398. The highest BCUT2D eigenvalue weighted by molar-refractivity contribution is 5.92. The molecule has 0 heterocycles. The van der Waals surface area contributed by atoms with E-state index in [1.165, 1.54) is 32.1 Å². The van der Waals surface area contributed by atoms with Crippen molar-refractivity contribution in [1.82, 2.24) is 0 Å². The summed E-state index contributed by atoms with van der Waals surface area (Å²) in [5, 5.41) is 0. The van der Waals surface area contributed by atoms with E-state index < -0.39 is 11.9 Å². The number of ether oxygens (including phenoxy) is 6. The van der Waals surface area contributed by atoms with Gasteiger partial charge in [0.2, 0.25) is 0 Å². The quantitative estimate of drug-likeness (QED) is 0.0273. The van der Waals surface area contributed by atoms with Crippen molar-refractivity contribution in [2.24, 2.45) is 11.8 Å². The molecular formula is C59H68O8. The highest BCUT2D eigenvalue weighted by Crippen LogP contribution is 2.27. The molecule has 352 valence electrons. The first-order chi connectivity index (χ1) is 32.8. The third kappa shape index (κ3) is 17.0. The Morgan fingerprint density at radius 3 is 0.910 bits per heavy atom. The summed E-state index contributed by atoms with van der Waals surface area (Å²) in [6, 6.07) is 45.4. The van der Waals surface area contributed by atoms with E-state index in [0.717, 1.165) is 83.8 Å². The maximum atomic E-state index is 12.8. The van der Waals surface area contributed by atoms with E-state index in [9.17, 15) is 9.59 Å². The molecule has 0 bridgehead atoms. The molecule has 6 aromatic carbocycles. The van der Waals surface area contributed by atoms with E-state index in [1.54, 1.807) is 48.5 Å². The molecule has 0 aliphatic rings. The van der Waals surface area contributed by atoms with Crippen molar-refractivity contribution in [2.45, 2.75) is 98.3 Å². The molecule has 8 heteroatoms. The van der Waals surface area contributed by atoms with E-state index in [4.69, 9.17) is 28.4 Å². The van der Waals surface area contributed by atoms with Gasteiger partial charge in [-0.3, -0.25) is 0 Å². The molecule has 0 saturated heterocycles. The fourth-order valence-corrected chi connectivity index (χ4v) is 7.16. The van der Waals surface area contributed by atoms with E-state index in [-0.39, 0.29) is 0 Å². The van der Waals surface area contributed by atoms with Crippen molar-refractivity contribution in [3.05, 3.63) is 157 Å². The molecule has 0 spiro atoms. The highest BCUT2D eigenvalue weighted by Gasteiger charge is 2.12. The van der Waals surface area contributed by atoms with Gasteiger partial charge in [-0.05, 0) is 144 Å². The first-order valence-electron chi connectivity index (χ1n) is 24.3. The second-order valence-electron chi connectivity index (χ2n) is 17.5. The van der Waals surface area contributed by atoms with Gasteiger partial charge in [0, 0.05) is 0 Å². The van der Waals surface area contributed by atoms with Crippen molar-refractivity contribution >= 4 is 11.9 Å². The van der Waals surface area contributed by atoms with Gasteiger partial charge >= 0.3 is 11.9 Å². The van der Waals surface area contributed by atoms with Crippen LogP contribution in [0.25, 0.3) is 22.3 Å². The van der Waals surface area contributed by atoms with Crippen LogP contribution in [0.15, 0.2) is 146 Å². The van der Waals surface area contributed by atoms with Gasteiger partial charge in [-0.25, -0.2) is 9.59 Å². The van der Waals surface area contributed by atoms with Gasteiger partial charge in [0.15, 0.2) is 0 Å². The van der Waals surface area contributed by atoms with Gasteiger partial charge in [0.25, 0.3) is 0 Å². The number of esters is 2. The summed E-state index contributed by atoms with van der Waals surface area (Å²) in [7, 11) is 0. The van der Waals surface area contributed by atoms with Gasteiger partial charge in [0.1, 0.15) is 34.5 Å². The van der Waals surface area contributed by atoms with Crippen molar-refractivity contribution in [2.75, 3.05) is 26.4 Å². The number of carbonyl (C=O) groups excluding carboxylic acids is 2.